The summed E-state index contributed by atoms with van der Waals surface area (Å²) >= 11 is 0. The number of hydrogen-bond donors (Lipinski definition) is 1. The molecule has 0 aliphatic heterocycles. The van der Waals surface area contributed by atoms with Gasteiger partial charge < -0.3 is 14.8 Å². The Hall–Kier alpha value is -4.85. The summed E-state index contributed by atoms with van der Waals surface area (Å²) in [6, 6.07) is 23.0. The van der Waals surface area contributed by atoms with Crippen LogP contribution in [0.2, 0.25) is 0 Å². The van der Waals surface area contributed by atoms with Crippen molar-refractivity contribution in [2.24, 2.45) is 0 Å². The highest BCUT2D eigenvalue weighted by Crippen LogP contribution is 2.29. The first-order valence-corrected chi connectivity index (χ1v) is 11.3. The number of halogens is 2. The number of pyridine rings is 1. The van der Waals surface area contributed by atoms with Crippen molar-refractivity contribution in [2.45, 2.75) is 0 Å². The number of ether oxygens (including phenoxy) is 2. The first-order chi connectivity index (χ1) is 17.9. The molecule has 1 amide bonds. The molecule has 0 aliphatic carbocycles. The molecule has 184 valence electrons. The Labute approximate surface area is 210 Å². The van der Waals surface area contributed by atoms with Crippen LogP contribution < -0.4 is 10.1 Å². The van der Waals surface area contributed by atoms with Gasteiger partial charge in [-0.05, 0) is 53.2 Å². The molecule has 0 aliphatic rings. The van der Waals surface area contributed by atoms with Gasteiger partial charge in [0.25, 0.3) is 5.91 Å². The molecular weight excluding hydrogens is 478 g/mol. The number of para-hydroxylation sites is 1. The number of hydrogen-bond acceptors (Lipinski definition) is 5. The van der Waals surface area contributed by atoms with Crippen molar-refractivity contribution in [2.75, 3.05) is 19.0 Å². The number of methoxy groups -OCH3 is 1. The summed E-state index contributed by atoms with van der Waals surface area (Å²) in [4.78, 5) is 30.0. The Balaban J connectivity index is 1.41. The number of rotatable bonds is 6. The summed E-state index contributed by atoms with van der Waals surface area (Å²) in [5.74, 6) is -2.45. The molecular formula is C29H20F2N2O4. The van der Waals surface area contributed by atoms with Gasteiger partial charge >= 0.3 is 5.97 Å². The van der Waals surface area contributed by atoms with Crippen LogP contribution in [0.3, 0.4) is 0 Å². The number of esters is 1. The van der Waals surface area contributed by atoms with Gasteiger partial charge in [-0.3, -0.25) is 4.79 Å². The van der Waals surface area contributed by atoms with E-state index >= 15 is 0 Å². The fourth-order valence-electron chi connectivity index (χ4n) is 3.99. The van der Waals surface area contributed by atoms with Crippen molar-refractivity contribution >= 4 is 39.2 Å². The van der Waals surface area contributed by atoms with E-state index in [0.717, 1.165) is 34.2 Å². The van der Waals surface area contributed by atoms with Crippen molar-refractivity contribution in [1.82, 2.24) is 4.98 Å². The number of benzene rings is 4. The van der Waals surface area contributed by atoms with Gasteiger partial charge in [-0.25, -0.2) is 18.6 Å². The van der Waals surface area contributed by atoms with Crippen LogP contribution >= 0.6 is 0 Å². The van der Waals surface area contributed by atoms with Crippen LogP contribution in [0.15, 0.2) is 84.9 Å². The zero-order valence-electron chi connectivity index (χ0n) is 19.6. The second kappa shape index (κ2) is 10.0. The molecule has 0 fully saturated rings. The highest BCUT2D eigenvalue weighted by molar-refractivity contribution is 6.05. The first-order valence-electron chi connectivity index (χ1n) is 11.3. The molecule has 0 unspecified atom stereocenters. The minimum atomic E-state index is -0.932. The van der Waals surface area contributed by atoms with Gasteiger partial charge in [-0.1, -0.05) is 36.4 Å². The number of aromatic nitrogens is 1. The van der Waals surface area contributed by atoms with Gasteiger partial charge in [0.05, 0.1) is 29.6 Å². The topological polar surface area (TPSA) is 77.5 Å². The summed E-state index contributed by atoms with van der Waals surface area (Å²) in [6.07, 6.45) is 0. The number of carbonyl (C=O) groups excluding carboxylic acids is 2. The minimum absolute atomic E-state index is 0.215. The van der Waals surface area contributed by atoms with E-state index in [9.17, 15) is 18.4 Å². The molecule has 1 aromatic heterocycles. The minimum Gasteiger partial charge on any atom is -0.497 e. The highest BCUT2D eigenvalue weighted by Gasteiger charge is 2.17. The van der Waals surface area contributed by atoms with Crippen molar-refractivity contribution in [1.29, 1.82) is 0 Å². The van der Waals surface area contributed by atoms with Gasteiger partial charge in [0, 0.05) is 17.0 Å². The average Bonchev–Trinajstić information content (AvgIpc) is 2.92. The zero-order valence-corrected chi connectivity index (χ0v) is 19.6. The molecule has 0 saturated carbocycles. The van der Waals surface area contributed by atoms with Crippen LogP contribution in [0.1, 0.15) is 10.4 Å². The van der Waals surface area contributed by atoms with E-state index in [-0.39, 0.29) is 11.3 Å². The lowest BCUT2D eigenvalue weighted by Crippen LogP contribution is -2.21. The maximum Gasteiger partial charge on any atom is 0.339 e. The lowest BCUT2D eigenvalue weighted by atomic mass is 10.0. The average molecular weight is 498 g/mol. The predicted molar refractivity (Wildman–Crippen MR) is 137 cm³/mol. The van der Waals surface area contributed by atoms with E-state index in [4.69, 9.17) is 14.5 Å². The Morgan fingerprint density at radius 2 is 1.68 bits per heavy atom. The fraction of sp³-hybridized carbons (Fsp3) is 0.0690. The molecule has 37 heavy (non-hydrogen) atoms. The molecule has 0 radical (unpaired) electrons. The van der Waals surface area contributed by atoms with Gasteiger partial charge in [-0.2, -0.15) is 0 Å². The van der Waals surface area contributed by atoms with Crippen LogP contribution in [0.4, 0.5) is 14.5 Å². The maximum absolute atomic E-state index is 13.8. The smallest absolute Gasteiger partial charge is 0.339 e. The van der Waals surface area contributed by atoms with Gasteiger partial charge in [0.1, 0.15) is 17.4 Å². The molecule has 0 atom stereocenters. The van der Waals surface area contributed by atoms with Gasteiger partial charge in [-0.15, -0.1) is 0 Å². The van der Waals surface area contributed by atoms with Crippen molar-refractivity contribution in [3.05, 3.63) is 102 Å². The third-order valence-corrected chi connectivity index (χ3v) is 5.82. The summed E-state index contributed by atoms with van der Waals surface area (Å²) in [5, 5.41) is 4.79. The number of amides is 1. The van der Waals surface area contributed by atoms with Crippen LogP contribution in [0.5, 0.6) is 5.75 Å². The summed E-state index contributed by atoms with van der Waals surface area (Å²) < 4.78 is 37.4. The lowest BCUT2D eigenvalue weighted by Gasteiger charge is -2.11. The van der Waals surface area contributed by atoms with Crippen LogP contribution in [0, 0.1) is 11.6 Å². The lowest BCUT2D eigenvalue weighted by molar-refractivity contribution is -0.119. The third kappa shape index (κ3) is 5.08. The third-order valence-electron chi connectivity index (χ3n) is 5.82. The Morgan fingerprint density at radius 1 is 0.892 bits per heavy atom. The molecule has 4 aromatic carbocycles. The standard InChI is InChI=1S/C29H20F2N2O4/c1-36-21-10-8-17-12-19(7-6-18(17)13-21)27-15-23(22-4-2-3-5-25(22)32-27)29(35)37-16-28(34)33-26-11-9-20(30)14-24(26)31/h2-15H,16H2,1H3,(H,33,34). The van der Waals surface area contributed by atoms with E-state index in [1.165, 1.54) is 0 Å². The van der Waals surface area contributed by atoms with E-state index < -0.39 is 30.1 Å². The van der Waals surface area contributed by atoms with E-state index in [2.05, 4.69) is 5.32 Å². The van der Waals surface area contributed by atoms with Crippen LogP contribution in [-0.4, -0.2) is 30.6 Å². The molecule has 0 spiro atoms. The van der Waals surface area contributed by atoms with Crippen LogP contribution in [0.25, 0.3) is 32.9 Å². The first kappa shape index (κ1) is 23.9. The fourth-order valence-corrected chi connectivity index (χ4v) is 3.99. The Bertz CT molecular complexity index is 1670. The maximum atomic E-state index is 13.8. The second-order valence-electron chi connectivity index (χ2n) is 8.25. The molecule has 0 bridgehead atoms. The summed E-state index contributed by atoms with van der Waals surface area (Å²) in [7, 11) is 1.61. The monoisotopic (exact) mass is 498 g/mol. The molecule has 0 saturated heterocycles. The van der Waals surface area contributed by atoms with Crippen molar-refractivity contribution in [3.8, 4) is 17.0 Å². The number of fused-ring (bicyclic) bond motifs is 2. The highest BCUT2D eigenvalue weighted by atomic mass is 19.1. The SMILES string of the molecule is COc1ccc2cc(-c3cc(C(=O)OCC(=O)Nc4ccc(F)cc4F)c4ccccc4n3)ccc2c1. The van der Waals surface area contributed by atoms with Crippen LogP contribution in [-0.2, 0) is 9.53 Å². The Kier molecular flexibility index (Phi) is 6.47. The molecule has 6 nitrogen and oxygen atoms in total. The molecule has 5 aromatic rings. The Morgan fingerprint density at radius 3 is 2.49 bits per heavy atom. The number of nitrogens with zero attached hydrogens (tertiary/aromatic N) is 1. The number of anilines is 1. The zero-order chi connectivity index (χ0) is 25.9. The van der Waals surface area contributed by atoms with Gasteiger partial charge in [0.2, 0.25) is 0 Å². The summed E-state index contributed by atoms with van der Waals surface area (Å²) in [5.41, 5.74) is 1.95. The molecule has 5 rings (SSSR count). The second-order valence-corrected chi connectivity index (χ2v) is 8.25. The number of nitrogens with one attached hydrogen (secondary N) is 1. The predicted octanol–water partition coefficient (Wildman–Crippen LogP) is 6.14. The van der Waals surface area contributed by atoms with Crippen molar-refractivity contribution in [3.63, 3.8) is 0 Å². The van der Waals surface area contributed by atoms with E-state index in [1.54, 1.807) is 31.4 Å². The molecule has 8 heteroatoms. The molecule has 1 heterocycles. The van der Waals surface area contributed by atoms with Gasteiger partial charge in [0.15, 0.2) is 6.61 Å². The van der Waals surface area contributed by atoms with Crippen molar-refractivity contribution < 1.29 is 27.8 Å². The number of carbonyl (C=O) groups is 2. The summed E-state index contributed by atoms with van der Waals surface area (Å²) in [6.45, 7) is -0.653. The molecule has 1 N–H and O–H groups in total. The quantitative estimate of drug-likeness (QED) is 0.285. The van der Waals surface area contributed by atoms with E-state index in [0.29, 0.717) is 22.7 Å². The normalized spacial score (nSPS) is 10.9. The largest absolute Gasteiger partial charge is 0.497 e. The van der Waals surface area contributed by atoms with E-state index in [1.807, 2.05) is 42.5 Å².